The molecule has 1 amide bonds. The summed E-state index contributed by atoms with van der Waals surface area (Å²) in [6.07, 6.45) is 8.77. The topological polar surface area (TPSA) is 50.2 Å². The van der Waals surface area contributed by atoms with Crippen LogP contribution in [0.15, 0.2) is 12.3 Å². The van der Waals surface area contributed by atoms with Crippen molar-refractivity contribution in [1.82, 2.24) is 14.7 Å². The molecule has 1 aromatic heterocycles. The van der Waals surface area contributed by atoms with Crippen molar-refractivity contribution in [2.75, 3.05) is 25.0 Å². The molecule has 3 rings (SSSR count). The van der Waals surface area contributed by atoms with Crippen molar-refractivity contribution in [2.45, 2.75) is 52.0 Å². The maximum Gasteiger partial charge on any atom is 0.222 e. The van der Waals surface area contributed by atoms with Crippen molar-refractivity contribution in [3.05, 3.63) is 12.3 Å². The molecule has 1 saturated heterocycles. The zero-order chi connectivity index (χ0) is 15.5. The van der Waals surface area contributed by atoms with E-state index >= 15 is 0 Å². The van der Waals surface area contributed by atoms with Crippen molar-refractivity contribution in [3.63, 3.8) is 0 Å². The number of amides is 1. The summed E-state index contributed by atoms with van der Waals surface area (Å²) in [5.74, 6) is 2.35. The quantitative estimate of drug-likeness (QED) is 0.930. The third-order valence-electron chi connectivity index (χ3n) is 5.32. The minimum atomic E-state index is -0.0652. The number of nitrogens with one attached hydrogen (secondary N) is 1. The van der Waals surface area contributed by atoms with Gasteiger partial charge >= 0.3 is 0 Å². The van der Waals surface area contributed by atoms with Gasteiger partial charge in [-0.2, -0.15) is 5.10 Å². The Kier molecular flexibility index (Phi) is 4.81. The van der Waals surface area contributed by atoms with Gasteiger partial charge in [0, 0.05) is 38.8 Å². The Morgan fingerprint density at radius 3 is 2.95 bits per heavy atom. The van der Waals surface area contributed by atoms with E-state index in [1.807, 2.05) is 16.9 Å². The molecule has 1 aliphatic carbocycles. The highest BCUT2D eigenvalue weighted by Crippen LogP contribution is 2.32. The number of carbonyl (C=O) groups is 1. The van der Waals surface area contributed by atoms with Gasteiger partial charge in [-0.3, -0.25) is 9.48 Å². The first-order chi connectivity index (χ1) is 10.6. The number of rotatable bonds is 4. The predicted molar refractivity (Wildman–Crippen MR) is 87.7 cm³/mol. The highest BCUT2D eigenvalue weighted by molar-refractivity contribution is 5.87. The molecule has 0 bridgehead atoms. The van der Waals surface area contributed by atoms with Crippen LogP contribution >= 0.6 is 0 Å². The molecule has 2 aliphatic rings. The number of carbonyl (C=O) groups excluding carboxylic acids is 1. The molecule has 122 valence electrons. The van der Waals surface area contributed by atoms with Gasteiger partial charge in [0.1, 0.15) is 0 Å². The highest BCUT2D eigenvalue weighted by Gasteiger charge is 2.29. The first-order valence-corrected chi connectivity index (χ1v) is 8.67. The number of hydrogen-bond donors (Lipinski definition) is 1. The van der Waals surface area contributed by atoms with Gasteiger partial charge in [0.15, 0.2) is 5.82 Å². The van der Waals surface area contributed by atoms with Crippen LogP contribution in [0.5, 0.6) is 0 Å². The van der Waals surface area contributed by atoms with Gasteiger partial charge in [-0.1, -0.05) is 26.2 Å². The first kappa shape index (κ1) is 15.5. The van der Waals surface area contributed by atoms with Crippen molar-refractivity contribution < 1.29 is 4.79 Å². The summed E-state index contributed by atoms with van der Waals surface area (Å²) in [4.78, 5) is 13.7. The Labute approximate surface area is 133 Å². The Morgan fingerprint density at radius 1 is 1.36 bits per heavy atom. The van der Waals surface area contributed by atoms with Gasteiger partial charge < -0.3 is 10.2 Å². The van der Waals surface area contributed by atoms with Gasteiger partial charge in [0.2, 0.25) is 5.91 Å². The van der Waals surface area contributed by atoms with Crippen molar-refractivity contribution in [1.29, 1.82) is 0 Å². The van der Waals surface area contributed by atoms with E-state index in [9.17, 15) is 4.79 Å². The summed E-state index contributed by atoms with van der Waals surface area (Å²) in [5, 5.41) is 7.23. The smallest absolute Gasteiger partial charge is 0.222 e. The van der Waals surface area contributed by atoms with Crippen LogP contribution < -0.4 is 5.32 Å². The summed E-state index contributed by atoms with van der Waals surface area (Å²) in [6.45, 7) is 7.44. The molecule has 0 radical (unpaired) electrons. The van der Waals surface area contributed by atoms with Crippen LogP contribution in [0.2, 0.25) is 0 Å². The van der Waals surface area contributed by atoms with Gasteiger partial charge in [0.25, 0.3) is 0 Å². The SMILES string of the molecule is CC(=O)Nc1ccn(C2CCN(CC3CCCCC3C)C2)n1. The molecule has 5 heteroatoms. The molecule has 22 heavy (non-hydrogen) atoms. The van der Waals surface area contributed by atoms with Gasteiger partial charge in [-0.05, 0) is 24.7 Å². The molecule has 0 aromatic carbocycles. The lowest BCUT2D eigenvalue weighted by molar-refractivity contribution is -0.114. The second-order valence-electron chi connectivity index (χ2n) is 7.09. The van der Waals surface area contributed by atoms with Crippen molar-refractivity contribution in [2.24, 2.45) is 11.8 Å². The van der Waals surface area contributed by atoms with E-state index < -0.39 is 0 Å². The Hall–Kier alpha value is -1.36. The number of anilines is 1. The lowest BCUT2D eigenvalue weighted by Gasteiger charge is -2.32. The van der Waals surface area contributed by atoms with Crippen LogP contribution in [0.3, 0.4) is 0 Å². The summed E-state index contributed by atoms with van der Waals surface area (Å²) in [7, 11) is 0. The van der Waals surface area contributed by atoms with E-state index in [0.29, 0.717) is 11.9 Å². The van der Waals surface area contributed by atoms with Crippen LogP contribution in [0, 0.1) is 11.8 Å². The molecule has 1 saturated carbocycles. The average Bonchev–Trinajstić information content (AvgIpc) is 3.10. The molecular weight excluding hydrogens is 276 g/mol. The van der Waals surface area contributed by atoms with Gasteiger partial charge in [-0.25, -0.2) is 0 Å². The molecule has 2 heterocycles. The summed E-state index contributed by atoms with van der Waals surface area (Å²) < 4.78 is 2.02. The third-order valence-corrected chi connectivity index (χ3v) is 5.32. The summed E-state index contributed by atoms with van der Waals surface area (Å²) in [6, 6.07) is 2.33. The summed E-state index contributed by atoms with van der Waals surface area (Å²) in [5.41, 5.74) is 0. The van der Waals surface area contributed by atoms with Crippen LogP contribution in [-0.4, -0.2) is 40.2 Å². The van der Waals surface area contributed by atoms with Crippen LogP contribution in [-0.2, 0) is 4.79 Å². The third kappa shape index (κ3) is 3.69. The molecule has 1 aliphatic heterocycles. The lowest BCUT2D eigenvalue weighted by Crippen LogP contribution is -2.32. The van der Waals surface area contributed by atoms with Crippen LogP contribution in [0.25, 0.3) is 0 Å². The minimum Gasteiger partial charge on any atom is -0.309 e. The van der Waals surface area contributed by atoms with E-state index in [0.717, 1.165) is 24.8 Å². The predicted octanol–water partition coefficient (Wildman–Crippen LogP) is 2.91. The largest absolute Gasteiger partial charge is 0.309 e. The second kappa shape index (κ2) is 6.82. The zero-order valence-corrected chi connectivity index (χ0v) is 13.8. The maximum absolute atomic E-state index is 11.1. The first-order valence-electron chi connectivity index (χ1n) is 8.67. The number of nitrogens with zero attached hydrogens (tertiary/aromatic N) is 3. The molecule has 0 spiro atoms. The monoisotopic (exact) mass is 304 g/mol. The number of hydrogen-bond acceptors (Lipinski definition) is 3. The second-order valence-corrected chi connectivity index (χ2v) is 7.09. The number of aromatic nitrogens is 2. The molecule has 5 nitrogen and oxygen atoms in total. The molecular formula is C17H28N4O. The van der Waals surface area contributed by atoms with E-state index in [-0.39, 0.29) is 5.91 Å². The van der Waals surface area contributed by atoms with E-state index in [1.54, 1.807) is 0 Å². The molecule has 1 N–H and O–H groups in total. The number of likely N-dealkylation sites (tertiary alicyclic amines) is 1. The van der Waals surface area contributed by atoms with Crippen molar-refractivity contribution >= 4 is 11.7 Å². The average molecular weight is 304 g/mol. The molecule has 2 fully saturated rings. The Bertz CT molecular complexity index is 513. The fourth-order valence-electron chi connectivity index (χ4n) is 3.98. The fourth-order valence-corrected chi connectivity index (χ4v) is 3.98. The van der Waals surface area contributed by atoms with Gasteiger partial charge in [0.05, 0.1) is 6.04 Å². The van der Waals surface area contributed by atoms with Crippen molar-refractivity contribution in [3.8, 4) is 0 Å². The van der Waals surface area contributed by atoms with Crippen LogP contribution in [0.1, 0.15) is 52.0 Å². The molecule has 1 aromatic rings. The van der Waals surface area contributed by atoms with E-state index in [2.05, 4.69) is 22.2 Å². The standard InChI is InChI=1S/C17H28N4O/c1-13-5-3-4-6-15(13)11-20-9-7-16(12-20)21-10-8-17(19-21)18-14(2)22/h8,10,13,15-16H,3-7,9,11-12H2,1-2H3,(H,18,19,22). The minimum absolute atomic E-state index is 0.0652. The molecule has 3 atom stereocenters. The van der Waals surface area contributed by atoms with Gasteiger partial charge in [-0.15, -0.1) is 0 Å². The normalized spacial score (nSPS) is 29.6. The van der Waals surface area contributed by atoms with Crippen LogP contribution in [0.4, 0.5) is 5.82 Å². The molecule has 3 unspecified atom stereocenters. The fraction of sp³-hybridized carbons (Fsp3) is 0.765. The maximum atomic E-state index is 11.1. The Morgan fingerprint density at radius 2 is 2.18 bits per heavy atom. The Balaban J connectivity index is 1.53. The zero-order valence-electron chi connectivity index (χ0n) is 13.8. The van der Waals surface area contributed by atoms with E-state index in [4.69, 9.17) is 0 Å². The highest BCUT2D eigenvalue weighted by atomic mass is 16.1. The summed E-state index contributed by atoms with van der Waals surface area (Å²) >= 11 is 0. The van der Waals surface area contributed by atoms with E-state index in [1.165, 1.54) is 45.7 Å². The lowest BCUT2D eigenvalue weighted by atomic mass is 9.80.